The van der Waals surface area contributed by atoms with Crippen LogP contribution < -0.4 is 10.0 Å². The van der Waals surface area contributed by atoms with Crippen LogP contribution in [-0.4, -0.2) is 20.4 Å². The molecule has 0 bridgehead atoms. The number of hydrogen-bond acceptors (Lipinski definition) is 5. The zero-order valence-electron chi connectivity index (χ0n) is 10.4. The third kappa shape index (κ3) is 3.45. The predicted molar refractivity (Wildman–Crippen MR) is 77.0 cm³/mol. The highest BCUT2D eigenvalue weighted by Gasteiger charge is 2.15. The first kappa shape index (κ1) is 15.2. The van der Waals surface area contributed by atoms with Gasteiger partial charge < -0.3 is 4.90 Å². The van der Waals surface area contributed by atoms with Crippen LogP contribution in [0.4, 0.5) is 9.52 Å². The van der Waals surface area contributed by atoms with Crippen molar-refractivity contribution in [3.8, 4) is 0 Å². The van der Waals surface area contributed by atoms with E-state index in [4.69, 9.17) is 16.7 Å². The van der Waals surface area contributed by atoms with Gasteiger partial charge in [0.15, 0.2) is 9.34 Å². The topological polar surface area (TPSA) is 76.3 Å². The summed E-state index contributed by atoms with van der Waals surface area (Å²) in [5, 5.41) is 5.55. The van der Waals surface area contributed by atoms with E-state index in [0.717, 1.165) is 11.3 Å². The Labute approximate surface area is 124 Å². The van der Waals surface area contributed by atoms with Crippen LogP contribution in [0, 0.1) is 5.82 Å². The molecule has 0 amide bonds. The van der Waals surface area contributed by atoms with Crippen molar-refractivity contribution < 1.29 is 12.8 Å². The Balaban J connectivity index is 2.17. The standard InChI is InChI=1S/C11H11ClFN3O2S2/c1-16(6-7-2-3-8(12)9(13)4-7)11-15-5-10(19-11)20(14,17)18/h2-5H,6H2,1H3,(H2,14,17,18). The van der Waals surface area contributed by atoms with E-state index in [-0.39, 0.29) is 9.23 Å². The van der Waals surface area contributed by atoms with Gasteiger partial charge in [-0.15, -0.1) is 0 Å². The van der Waals surface area contributed by atoms with Gasteiger partial charge in [0.1, 0.15) is 5.82 Å². The van der Waals surface area contributed by atoms with Crippen LogP contribution in [0.25, 0.3) is 0 Å². The van der Waals surface area contributed by atoms with Crippen LogP contribution in [0.1, 0.15) is 5.56 Å². The second-order valence-electron chi connectivity index (χ2n) is 4.11. The fraction of sp³-hybridized carbons (Fsp3) is 0.182. The Bertz CT molecular complexity index is 733. The summed E-state index contributed by atoms with van der Waals surface area (Å²) >= 11 is 6.56. The van der Waals surface area contributed by atoms with Crippen molar-refractivity contribution in [2.24, 2.45) is 5.14 Å². The molecule has 0 atom stereocenters. The number of nitrogens with two attached hydrogens (primary N) is 1. The van der Waals surface area contributed by atoms with Gasteiger partial charge >= 0.3 is 0 Å². The Kier molecular flexibility index (Phi) is 4.28. The molecule has 5 nitrogen and oxygen atoms in total. The molecule has 1 aromatic heterocycles. The summed E-state index contributed by atoms with van der Waals surface area (Å²) in [7, 11) is -2.03. The minimum absolute atomic E-state index is 0.0124. The van der Waals surface area contributed by atoms with E-state index in [1.165, 1.54) is 18.3 Å². The number of anilines is 1. The van der Waals surface area contributed by atoms with Crippen molar-refractivity contribution in [1.82, 2.24) is 4.98 Å². The van der Waals surface area contributed by atoms with E-state index >= 15 is 0 Å². The van der Waals surface area contributed by atoms with Crippen molar-refractivity contribution in [2.45, 2.75) is 10.8 Å². The van der Waals surface area contributed by atoms with Gasteiger partial charge in [0.2, 0.25) is 10.0 Å². The van der Waals surface area contributed by atoms with Crippen LogP contribution in [0.3, 0.4) is 0 Å². The molecular formula is C11H11ClFN3O2S2. The van der Waals surface area contributed by atoms with E-state index in [2.05, 4.69) is 4.98 Å². The first-order valence-corrected chi connectivity index (χ1v) is 8.15. The van der Waals surface area contributed by atoms with Crippen LogP contribution in [0.5, 0.6) is 0 Å². The molecule has 0 unspecified atom stereocenters. The Morgan fingerprint density at radius 1 is 1.50 bits per heavy atom. The SMILES string of the molecule is CN(Cc1ccc(Cl)c(F)c1)c1ncc(S(N)(=O)=O)s1. The smallest absolute Gasteiger partial charge is 0.249 e. The summed E-state index contributed by atoms with van der Waals surface area (Å²) < 4.78 is 35.7. The van der Waals surface area contributed by atoms with Gasteiger partial charge in [-0.3, -0.25) is 0 Å². The highest BCUT2D eigenvalue weighted by Crippen LogP contribution is 2.26. The molecule has 2 rings (SSSR count). The first-order valence-electron chi connectivity index (χ1n) is 5.41. The lowest BCUT2D eigenvalue weighted by atomic mass is 10.2. The molecule has 20 heavy (non-hydrogen) atoms. The van der Waals surface area contributed by atoms with E-state index in [0.29, 0.717) is 17.2 Å². The zero-order valence-corrected chi connectivity index (χ0v) is 12.8. The molecule has 2 aromatic rings. The predicted octanol–water partition coefficient (Wildman–Crippen LogP) is 2.22. The quantitative estimate of drug-likeness (QED) is 0.929. The second-order valence-corrected chi connectivity index (χ2v) is 7.32. The summed E-state index contributed by atoms with van der Waals surface area (Å²) in [6, 6.07) is 4.49. The number of hydrogen-bond donors (Lipinski definition) is 1. The van der Waals surface area contributed by atoms with Crippen molar-refractivity contribution in [2.75, 3.05) is 11.9 Å². The fourth-order valence-electron chi connectivity index (χ4n) is 1.54. The van der Waals surface area contributed by atoms with E-state index in [1.54, 1.807) is 18.0 Å². The maximum atomic E-state index is 13.3. The van der Waals surface area contributed by atoms with Crippen LogP contribution in [-0.2, 0) is 16.6 Å². The molecule has 0 aliphatic carbocycles. The molecule has 0 spiro atoms. The highest BCUT2D eigenvalue weighted by atomic mass is 35.5. The summed E-state index contributed by atoms with van der Waals surface area (Å²) in [6.45, 7) is 0.367. The number of aromatic nitrogens is 1. The van der Waals surface area contributed by atoms with Crippen LogP contribution in [0.2, 0.25) is 5.02 Å². The molecule has 9 heteroatoms. The molecule has 1 heterocycles. The molecule has 0 saturated heterocycles. The monoisotopic (exact) mass is 335 g/mol. The van der Waals surface area contributed by atoms with Gasteiger partial charge in [-0.2, -0.15) is 0 Å². The zero-order chi connectivity index (χ0) is 14.9. The van der Waals surface area contributed by atoms with Gasteiger partial charge in [0, 0.05) is 13.6 Å². The maximum absolute atomic E-state index is 13.3. The van der Waals surface area contributed by atoms with E-state index < -0.39 is 15.8 Å². The number of rotatable bonds is 4. The van der Waals surface area contributed by atoms with E-state index in [1.807, 2.05) is 0 Å². The third-order valence-corrected chi connectivity index (χ3v) is 5.31. The van der Waals surface area contributed by atoms with Crippen molar-refractivity contribution >= 4 is 38.1 Å². The van der Waals surface area contributed by atoms with Crippen LogP contribution >= 0.6 is 22.9 Å². The molecule has 1 aromatic carbocycles. The molecule has 0 aliphatic heterocycles. The summed E-state index contributed by atoms with van der Waals surface area (Å²) in [6.07, 6.45) is 1.20. The van der Waals surface area contributed by atoms with Gasteiger partial charge in [-0.1, -0.05) is 29.0 Å². The lowest BCUT2D eigenvalue weighted by Gasteiger charge is -2.15. The molecule has 0 fully saturated rings. The van der Waals surface area contributed by atoms with Gasteiger partial charge in [-0.05, 0) is 17.7 Å². The normalized spacial score (nSPS) is 11.6. The number of benzene rings is 1. The minimum Gasteiger partial charge on any atom is -0.347 e. The number of thiazole rings is 1. The molecule has 108 valence electrons. The Morgan fingerprint density at radius 3 is 2.75 bits per heavy atom. The molecule has 0 saturated carbocycles. The lowest BCUT2D eigenvalue weighted by Crippen LogP contribution is -2.16. The Morgan fingerprint density at radius 2 is 2.20 bits per heavy atom. The Hall–Kier alpha value is -1.22. The molecule has 0 aliphatic rings. The number of nitrogens with zero attached hydrogens (tertiary/aromatic N) is 2. The van der Waals surface area contributed by atoms with Crippen molar-refractivity contribution in [3.63, 3.8) is 0 Å². The average molecular weight is 336 g/mol. The highest BCUT2D eigenvalue weighted by molar-refractivity contribution is 7.91. The first-order chi connectivity index (χ1) is 9.27. The van der Waals surface area contributed by atoms with E-state index in [9.17, 15) is 12.8 Å². The second kappa shape index (κ2) is 5.65. The van der Waals surface area contributed by atoms with Crippen molar-refractivity contribution in [3.05, 3.63) is 40.8 Å². The summed E-state index contributed by atoms with van der Waals surface area (Å²) in [5.74, 6) is -0.498. The minimum atomic E-state index is -3.75. The number of sulfonamides is 1. The van der Waals surface area contributed by atoms with Gasteiger partial charge in [-0.25, -0.2) is 22.9 Å². The molecule has 0 radical (unpaired) electrons. The number of primary sulfonamides is 1. The summed E-state index contributed by atoms with van der Waals surface area (Å²) in [5.41, 5.74) is 0.696. The maximum Gasteiger partial charge on any atom is 0.249 e. The third-order valence-electron chi connectivity index (χ3n) is 2.48. The largest absolute Gasteiger partial charge is 0.347 e. The van der Waals surface area contributed by atoms with Crippen molar-refractivity contribution in [1.29, 1.82) is 0 Å². The van der Waals surface area contributed by atoms with Gasteiger partial charge in [0.05, 0.1) is 11.2 Å². The van der Waals surface area contributed by atoms with Gasteiger partial charge in [0.25, 0.3) is 0 Å². The average Bonchev–Trinajstić information content (AvgIpc) is 2.83. The molecular weight excluding hydrogens is 325 g/mol. The number of halogens is 2. The molecule has 2 N–H and O–H groups in total. The lowest BCUT2D eigenvalue weighted by molar-refractivity contribution is 0.599. The summed E-state index contributed by atoms with van der Waals surface area (Å²) in [4.78, 5) is 5.68. The fourth-order valence-corrected chi connectivity index (χ4v) is 3.15. The van der Waals surface area contributed by atoms with Crippen LogP contribution in [0.15, 0.2) is 28.6 Å².